The molecule has 4 N–H and O–H groups in total. The van der Waals surface area contributed by atoms with Crippen molar-refractivity contribution in [1.82, 2.24) is 16.0 Å². The summed E-state index contributed by atoms with van der Waals surface area (Å²) in [6.07, 6.45) is -8.42. The number of carboxylic acids is 1. The fourth-order valence-electron chi connectivity index (χ4n) is 6.21. The molecule has 1 aliphatic carbocycles. The van der Waals surface area contributed by atoms with Crippen molar-refractivity contribution in [2.24, 2.45) is 0 Å². The van der Waals surface area contributed by atoms with Crippen LogP contribution in [0.5, 0.6) is 0 Å². The second kappa shape index (κ2) is 18.2. The molecule has 0 radical (unpaired) electrons. The molecule has 1 aliphatic heterocycles. The average molecular weight is 756 g/mol. The Morgan fingerprint density at radius 2 is 1.35 bits per heavy atom. The second-order valence-electron chi connectivity index (χ2n) is 12.5. The number of rotatable bonds is 15. The minimum absolute atomic E-state index is 0.142. The predicted octanol–water partition coefficient (Wildman–Crippen LogP) is 0.725. The number of hydrogen-bond donors (Lipinski definition) is 4. The van der Waals surface area contributed by atoms with E-state index >= 15 is 0 Å². The highest BCUT2D eigenvalue weighted by Crippen LogP contribution is 2.44. The summed E-state index contributed by atoms with van der Waals surface area (Å²) in [5.41, 5.74) is 3.78. The van der Waals surface area contributed by atoms with E-state index < -0.39 is 104 Å². The monoisotopic (exact) mass is 755 g/mol. The third-order valence-corrected chi connectivity index (χ3v) is 8.45. The lowest BCUT2D eigenvalue weighted by Crippen LogP contribution is -2.67. The second-order valence-corrected chi connectivity index (χ2v) is 12.5. The smallest absolute Gasteiger partial charge is 0.407 e. The topological polar surface area (TPSA) is 248 Å². The van der Waals surface area contributed by atoms with Crippen molar-refractivity contribution in [1.29, 1.82) is 0 Å². The molecule has 0 aromatic heterocycles. The van der Waals surface area contributed by atoms with Crippen LogP contribution in [-0.2, 0) is 62.0 Å². The van der Waals surface area contributed by atoms with E-state index in [2.05, 4.69) is 16.0 Å². The normalized spacial score (nSPS) is 21.2. The number of carboxylic acid groups (broad SMARTS) is 1. The van der Waals surface area contributed by atoms with Crippen LogP contribution < -0.4 is 16.0 Å². The van der Waals surface area contributed by atoms with Crippen LogP contribution in [0.1, 0.15) is 51.7 Å². The van der Waals surface area contributed by atoms with Crippen LogP contribution in [0.3, 0.4) is 0 Å². The van der Waals surface area contributed by atoms with Crippen LogP contribution in [0.4, 0.5) is 4.79 Å². The summed E-state index contributed by atoms with van der Waals surface area (Å²) < 4.78 is 33.6. The molecule has 0 bridgehead atoms. The van der Waals surface area contributed by atoms with E-state index in [0.717, 1.165) is 49.9 Å². The first-order valence-electron chi connectivity index (χ1n) is 16.8. The molecule has 290 valence electrons. The molecule has 4 rings (SSSR count). The number of benzene rings is 2. The number of Topliss-reactive ketones (excluding diaryl/α,β-unsaturated/α-hetero) is 1. The van der Waals surface area contributed by atoms with E-state index in [-0.39, 0.29) is 12.5 Å². The van der Waals surface area contributed by atoms with E-state index in [1.54, 1.807) is 0 Å². The fraction of sp³-hybridized carbons (Fsp3) is 0.444. The Bertz CT molecular complexity index is 1740. The highest BCUT2D eigenvalue weighted by Gasteiger charge is 2.52. The van der Waals surface area contributed by atoms with Crippen molar-refractivity contribution < 1.29 is 71.9 Å². The lowest BCUT2D eigenvalue weighted by molar-refractivity contribution is -0.287. The van der Waals surface area contributed by atoms with Gasteiger partial charge in [0.2, 0.25) is 11.8 Å². The number of ether oxygens (including phenoxy) is 6. The van der Waals surface area contributed by atoms with Gasteiger partial charge in [-0.15, -0.1) is 0 Å². The summed E-state index contributed by atoms with van der Waals surface area (Å²) in [6.45, 7) is 4.05. The van der Waals surface area contributed by atoms with Gasteiger partial charge in [0.1, 0.15) is 31.4 Å². The third kappa shape index (κ3) is 10.4. The van der Waals surface area contributed by atoms with E-state index in [9.17, 15) is 38.4 Å². The Morgan fingerprint density at radius 3 is 1.89 bits per heavy atom. The molecule has 18 nitrogen and oxygen atoms in total. The molecule has 0 spiro atoms. The summed E-state index contributed by atoms with van der Waals surface area (Å²) in [4.78, 5) is 98.1. The van der Waals surface area contributed by atoms with Crippen molar-refractivity contribution in [2.45, 2.75) is 83.3 Å². The van der Waals surface area contributed by atoms with Crippen molar-refractivity contribution in [3.05, 3.63) is 59.7 Å². The Morgan fingerprint density at radius 1 is 0.778 bits per heavy atom. The number of aliphatic carboxylic acids is 1. The van der Waals surface area contributed by atoms with E-state index in [4.69, 9.17) is 33.5 Å². The Labute approximate surface area is 309 Å². The largest absolute Gasteiger partial charge is 0.475 e. The number of fused-ring (bicyclic) bond motifs is 3. The van der Waals surface area contributed by atoms with Crippen LogP contribution in [0.15, 0.2) is 48.5 Å². The van der Waals surface area contributed by atoms with Gasteiger partial charge in [0.05, 0.1) is 12.6 Å². The summed E-state index contributed by atoms with van der Waals surface area (Å²) >= 11 is 0. The fourth-order valence-corrected chi connectivity index (χ4v) is 6.21. The SMILES string of the molecule is CC(=O)N[C@H]1[C@@H](O[C@@H](C)[C@@H](NC(=O)OCC2c3ccccc3-c3ccccc32)C(=O)NCC(=O)C(=O)O)O[C@H](COC(C)=O)[C@H](OC(C)=O)[C@@H]1OC(C)=O. The van der Waals surface area contributed by atoms with Gasteiger partial charge in [-0.25, -0.2) is 9.59 Å². The van der Waals surface area contributed by atoms with Crippen molar-refractivity contribution in [3.8, 4) is 11.1 Å². The number of esters is 3. The van der Waals surface area contributed by atoms with Crippen molar-refractivity contribution >= 4 is 47.6 Å². The Kier molecular flexibility index (Phi) is 13.8. The number of hydrogen-bond acceptors (Lipinski definition) is 14. The maximum absolute atomic E-state index is 13.5. The number of ketones is 1. The van der Waals surface area contributed by atoms with Gasteiger partial charge in [-0.1, -0.05) is 48.5 Å². The molecular weight excluding hydrogens is 714 g/mol. The zero-order valence-corrected chi connectivity index (χ0v) is 30.0. The molecule has 2 aliphatic rings. The molecule has 7 atom stereocenters. The lowest BCUT2D eigenvalue weighted by Gasteiger charge is -2.45. The standard InChI is InChI=1S/C36H41N3O15/c1-17(51-35-30(38-18(2)40)32(53-21(5)43)31(52-20(4)42)28(54-35)16-49-19(3)41)29(33(45)37-14-27(44)34(46)47)39-36(48)50-15-26-24-12-8-6-10-22(24)23-11-7-9-13-25(23)26/h6-13,17,26,28-32,35H,14-16H2,1-5H3,(H,37,45)(H,38,40)(H,39,48)(H,46,47)/t17-,28+,29+,30+,31-,32+,35-/m0/s1. The van der Waals surface area contributed by atoms with E-state index in [1.807, 2.05) is 48.5 Å². The molecular formula is C36H41N3O15. The van der Waals surface area contributed by atoms with Gasteiger partial charge in [-0.05, 0) is 29.2 Å². The van der Waals surface area contributed by atoms with Gasteiger partial charge < -0.3 is 49.5 Å². The number of amides is 3. The van der Waals surface area contributed by atoms with Gasteiger partial charge in [0.15, 0.2) is 18.5 Å². The van der Waals surface area contributed by atoms with Crippen molar-refractivity contribution in [2.75, 3.05) is 19.8 Å². The van der Waals surface area contributed by atoms with Gasteiger partial charge in [0, 0.05) is 33.6 Å². The molecule has 1 heterocycles. The van der Waals surface area contributed by atoms with Crippen LogP contribution in [-0.4, -0.2) is 115 Å². The Hall–Kier alpha value is -5.88. The third-order valence-electron chi connectivity index (χ3n) is 8.45. The first kappa shape index (κ1) is 40.9. The molecule has 54 heavy (non-hydrogen) atoms. The Balaban J connectivity index is 1.61. The van der Waals surface area contributed by atoms with E-state index in [0.29, 0.717) is 0 Å². The predicted molar refractivity (Wildman–Crippen MR) is 182 cm³/mol. The highest BCUT2D eigenvalue weighted by atomic mass is 16.7. The first-order chi connectivity index (χ1) is 25.6. The summed E-state index contributed by atoms with van der Waals surface area (Å²) in [5, 5.41) is 16.1. The highest BCUT2D eigenvalue weighted by molar-refractivity contribution is 6.33. The van der Waals surface area contributed by atoms with Gasteiger partial charge >= 0.3 is 30.0 Å². The molecule has 3 amide bonds. The zero-order chi connectivity index (χ0) is 39.7. The van der Waals surface area contributed by atoms with Gasteiger partial charge in [0.25, 0.3) is 5.78 Å². The molecule has 1 fully saturated rings. The van der Waals surface area contributed by atoms with Crippen LogP contribution in [0, 0.1) is 0 Å². The average Bonchev–Trinajstić information content (AvgIpc) is 3.42. The minimum Gasteiger partial charge on any atom is -0.475 e. The molecule has 2 aromatic rings. The molecule has 0 unspecified atom stereocenters. The van der Waals surface area contributed by atoms with Crippen molar-refractivity contribution in [3.63, 3.8) is 0 Å². The number of nitrogens with one attached hydrogen (secondary N) is 3. The summed E-state index contributed by atoms with van der Waals surface area (Å²) in [6, 6.07) is 12.1. The molecule has 18 heteroatoms. The summed E-state index contributed by atoms with van der Waals surface area (Å²) in [5.74, 6) is -7.67. The van der Waals surface area contributed by atoms with Gasteiger partial charge in [-0.3, -0.25) is 28.8 Å². The molecule has 1 saturated heterocycles. The quantitative estimate of drug-likeness (QED) is 0.111. The summed E-state index contributed by atoms with van der Waals surface area (Å²) in [7, 11) is 0. The number of alkyl carbamates (subject to hydrolysis) is 1. The van der Waals surface area contributed by atoms with E-state index in [1.165, 1.54) is 6.92 Å². The van der Waals surface area contributed by atoms with Crippen LogP contribution in [0.2, 0.25) is 0 Å². The zero-order valence-electron chi connectivity index (χ0n) is 30.0. The maximum atomic E-state index is 13.5. The van der Waals surface area contributed by atoms with Crippen LogP contribution in [0.25, 0.3) is 11.1 Å². The van der Waals surface area contributed by atoms with Crippen LogP contribution >= 0.6 is 0 Å². The van der Waals surface area contributed by atoms with Gasteiger partial charge in [-0.2, -0.15) is 0 Å². The number of carbonyl (C=O) groups excluding carboxylic acids is 7. The first-order valence-corrected chi connectivity index (χ1v) is 16.8. The number of carbonyl (C=O) groups is 8. The maximum Gasteiger partial charge on any atom is 0.407 e. The lowest BCUT2D eigenvalue weighted by atomic mass is 9.95. The minimum atomic E-state index is -1.81. The molecule has 2 aromatic carbocycles. The molecule has 0 saturated carbocycles.